The summed E-state index contributed by atoms with van der Waals surface area (Å²) in [6.45, 7) is 4.50. The zero-order valence-corrected chi connectivity index (χ0v) is 30.2. The van der Waals surface area contributed by atoms with Gasteiger partial charge in [-0.25, -0.2) is 15.0 Å². The van der Waals surface area contributed by atoms with Crippen LogP contribution in [-0.2, 0) is 0 Å². The van der Waals surface area contributed by atoms with Gasteiger partial charge in [-0.1, -0.05) is 115 Å². The maximum atomic E-state index is 5.10. The van der Waals surface area contributed by atoms with Gasteiger partial charge in [0.1, 0.15) is 0 Å². The summed E-state index contributed by atoms with van der Waals surface area (Å²) < 4.78 is 5.13. The van der Waals surface area contributed by atoms with Gasteiger partial charge >= 0.3 is 0 Å². The Kier molecular flexibility index (Phi) is 7.31. The molecule has 10 aromatic rings. The maximum Gasteiger partial charge on any atom is 0.164 e. The number of benzene rings is 7. The van der Waals surface area contributed by atoms with Crippen LogP contribution in [0.2, 0.25) is 0 Å². The zero-order chi connectivity index (χ0) is 34.8. The van der Waals surface area contributed by atoms with Crippen molar-refractivity contribution in [1.82, 2.24) is 15.0 Å². The van der Waals surface area contributed by atoms with Crippen LogP contribution in [-0.4, -0.2) is 15.0 Å². The van der Waals surface area contributed by atoms with E-state index in [2.05, 4.69) is 129 Å². The third kappa shape index (κ3) is 5.12. The molecule has 5 heteroatoms. The molecule has 0 aliphatic rings. The fraction of sp³-hybridized carbons (Fsp3) is 0.0426. The molecule has 10 rings (SSSR count). The highest BCUT2D eigenvalue weighted by atomic mass is 32.1. The fourth-order valence-electron chi connectivity index (χ4n) is 7.49. The molecule has 3 nitrogen and oxygen atoms in total. The van der Waals surface area contributed by atoms with E-state index in [0.29, 0.717) is 17.5 Å². The Morgan fingerprint density at radius 3 is 1.69 bits per heavy atom. The minimum Gasteiger partial charge on any atom is -0.208 e. The second-order valence-corrected chi connectivity index (χ2v) is 15.4. The highest BCUT2D eigenvalue weighted by Crippen LogP contribution is 2.43. The quantitative estimate of drug-likeness (QED) is 0.179. The Morgan fingerprint density at radius 2 is 0.942 bits per heavy atom. The molecule has 0 saturated heterocycles. The van der Waals surface area contributed by atoms with E-state index in [1.54, 1.807) is 0 Å². The van der Waals surface area contributed by atoms with Gasteiger partial charge in [0.2, 0.25) is 0 Å². The molecule has 0 atom stereocenters. The van der Waals surface area contributed by atoms with Crippen LogP contribution in [0, 0.1) is 13.8 Å². The minimum absolute atomic E-state index is 0.665. The first-order valence-corrected chi connectivity index (χ1v) is 19.1. The van der Waals surface area contributed by atoms with Crippen LogP contribution in [0.1, 0.15) is 11.1 Å². The molecule has 0 amide bonds. The number of hydrogen-bond donors (Lipinski definition) is 0. The Morgan fingerprint density at radius 1 is 0.365 bits per heavy atom. The normalized spacial score (nSPS) is 11.7. The summed E-state index contributed by atoms with van der Waals surface area (Å²) in [5.41, 5.74) is 10.5. The van der Waals surface area contributed by atoms with Crippen molar-refractivity contribution in [2.24, 2.45) is 0 Å². The molecule has 0 unspecified atom stereocenters. The number of aryl methyl sites for hydroxylation is 2. The summed E-state index contributed by atoms with van der Waals surface area (Å²) in [6.07, 6.45) is 0. The van der Waals surface area contributed by atoms with Crippen LogP contribution in [0.3, 0.4) is 0 Å². The summed E-state index contributed by atoms with van der Waals surface area (Å²) in [5, 5.41) is 5.09. The van der Waals surface area contributed by atoms with Gasteiger partial charge in [-0.2, -0.15) is 0 Å². The first-order valence-electron chi connectivity index (χ1n) is 17.4. The zero-order valence-electron chi connectivity index (χ0n) is 28.6. The molecule has 3 heterocycles. The second-order valence-electron chi connectivity index (χ2n) is 13.3. The van der Waals surface area contributed by atoms with Gasteiger partial charge in [-0.3, -0.25) is 0 Å². The molecule has 0 bridgehead atoms. The Hall–Kier alpha value is -6.01. The monoisotopic (exact) mass is 701 g/mol. The fourth-order valence-corrected chi connectivity index (χ4v) is 9.77. The molecule has 0 spiro atoms. The molecule has 0 aliphatic carbocycles. The van der Waals surface area contributed by atoms with Crippen molar-refractivity contribution < 1.29 is 0 Å². The van der Waals surface area contributed by atoms with Gasteiger partial charge in [0, 0.05) is 57.0 Å². The SMILES string of the molecule is Cc1ccc(-c2ccc3sc4cccc(-c5nc(-c6ccccc6)nc(-c6ccccc6)n5)c4c3c2)cc1-c1ccc2sc3ccccc3c2c1C. The van der Waals surface area contributed by atoms with Gasteiger partial charge in [-0.15, -0.1) is 22.7 Å². The third-order valence-corrected chi connectivity index (χ3v) is 12.4. The van der Waals surface area contributed by atoms with E-state index in [1.807, 2.05) is 59.1 Å². The first-order chi connectivity index (χ1) is 25.6. The lowest BCUT2D eigenvalue weighted by Crippen LogP contribution is -2.00. The lowest BCUT2D eigenvalue weighted by atomic mass is 9.91. The molecule has 0 fully saturated rings. The van der Waals surface area contributed by atoms with E-state index in [9.17, 15) is 0 Å². The number of fused-ring (bicyclic) bond motifs is 6. The number of nitrogens with zero attached hydrogens (tertiary/aromatic N) is 3. The predicted octanol–water partition coefficient (Wildman–Crippen LogP) is 13.6. The summed E-state index contributed by atoms with van der Waals surface area (Å²) in [7, 11) is 0. The summed E-state index contributed by atoms with van der Waals surface area (Å²) in [6, 6.07) is 54.0. The molecule has 0 saturated carbocycles. The third-order valence-electron chi connectivity index (χ3n) is 10.1. The lowest BCUT2D eigenvalue weighted by Gasteiger charge is -2.13. The minimum atomic E-state index is 0.665. The molecule has 0 radical (unpaired) electrons. The van der Waals surface area contributed by atoms with Crippen molar-refractivity contribution in [2.75, 3.05) is 0 Å². The van der Waals surface area contributed by atoms with E-state index in [-0.39, 0.29) is 0 Å². The van der Waals surface area contributed by atoms with Gasteiger partial charge in [0.05, 0.1) is 0 Å². The molecule has 7 aromatic carbocycles. The van der Waals surface area contributed by atoms with Crippen LogP contribution in [0.5, 0.6) is 0 Å². The van der Waals surface area contributed by atoms with Gasteiger partial charge in [0.25, 0.3) is 0 Å². The average molecular weight is 702 g/mol. The van der Waals surface area contributed by atoms with Gasteiger partial charge in [-0.05, 0) is 83.6 Å². The van der Waals surface area contributed by atoms with Crippen LogP contribution in [0.15, 0.2) is 152 Å². The topological polar surface area (TPSA) is 38.7 Å². The Labute approximate surface area is 309 Å². The highest BCUT2D eigenvalue weighted by molar-refractivity contribution is 7.26. The Bertz CT molecular complexity index is 2920. The van der Waals surface area contributed by atoms with E-state index >= 15 is 0 Å². The van der Waals surface area contributed by atoms with E-state index in [0.717, 1.165) is 16.7 Å². The number of aromatic nitrogens is 3. The lowest BCUT2D eigenvalue weighted by molar-refractivity contribution is 1.08. The van der Waals surface area contributed by atoms with E-state index < -0.39 is 0 Å². The molecule has 0 aliphatic heterocycles. The van der Waals surface area contributed by atoms with E-state index in [1.165, 1.54) is 73.7 Å². The molecular formula is C47H31N3S2. The van der Waals surface area contributed by atoms with Gasteiger partial charge < -0.3 is 0 Å². The molecule has 0 N–H and O–H groups in total. The smallest absolute Gasteiger partial charge is 0.164 e. The van der Waals surface area contributed by atoms with Crippen molar-refractivity contribution in [3.63, 3.8) is 0 Å². The molecule has 3 aromatic heterocycles. The van der Waals surface area contributed by atoms with Crippen molar-refractivity contribution in [1.29, 1.82) is 0 Å². The second kappa shape index (κ2) is 12.3. The van der Waals surface area contributed by atoms with Crippen molar-refractivity contribution >= 4 is 63.0 Å². The first kappa shape index (κ1) is 30.8. The van der Waals surface area contributed by atoms with Crippen molar-refractivity contribution in [2.45, 2.75) is 13.8 Å². The standard InChI is InChI=1S/C47H31N3S2/c1-28-20-21-32(26-37(28)34-23-25-42-43(29(34)2)35-16-9-10-18-39(35)51-42)33-22-24-40-38(27-33)44-36(17-11-19-41(44)52-40)47-49-45(30-12-5-3-6-13-30)48-46(50-47)31-14-7-4-8-15-31/h3-27H,1-2H3. The van der Waals surface area contributed by atoms with Crippen LogP contribution in [0.25, 0.3) is 96.8 Å². The van der Waals surface area contributed by atoms with Crippen LogP contribution < -0.4 is 0 Å². The molecule has 52 heavy (non-hydrogen) atoms. The Balaban J connectivity index is 1.13. The number of thiophene rings is 2. The van der Waals surface area contributed by atoms with Crippen molar-refractivity contribution in [3.05, 3.63) is 163 Å². The summed E-state index contributed by atoms with van der Waals surface area (Å²) in [5.74, 6) is 2.00. The number of hydrogen-bond acceptors (Lipinski definition) is 5. The summed E-state index contributed by atoms with van der Waals surface area (Å²) in [4.78, 5) is 15.1. The van der Waals surface area contributed by atoms with Gasteiger partial charge in [0.15, 0.2) is 17.5 Å². The average Bonchev–Trinajstić information content (AvgIpc) is 3.77. The maximum absolute atomic E-state index is 5.10. The molecule has 246 valence electrons. The van der Waals surface area contributed by atoms with E-state index in [4.69, 9.17) is 15.0 Å². The molecular weight excluding hydrogens is 671 g/mol. The summed E-state index contributed by atoms with van der Waals surface area (Å²) >= 11 is 3.69. The van der Waals surface area contributed by atoms with Crippen LogP contribution in [0.4, 0.5) is 0 Å². The largest absolute Gasteiger partial charge is 0.208 e. The van der Waals surface area contributed by atoms with Crippen LogP contribution >= 0.6 is 22.7 Å². The highest BCUT2D eigenvalue weighted by Gasteiger charge is 2.18. The predicted molar refractivity (Wildman–Crippen MR) is 222 cm³/mol. The van der Waals surface area contributed by atoms with Crippen molar-refractivity contribution in [3.8, 4) is 56.4 Å². The number of rotatable bonds is 5.